The van der Waals surface area contributed by atoms with Gasteiger partial charge in [0.15, 0.2) is 5.82 Å². The lowest BCUT2D eigenvalue weighted by molar-refractivity contribution is 0.334. The predicted octanol–water partition coefficient (Wildman–Crippen LogP) is 3.10. The highest BCUT2D eigenvalue weighted by Crippen LogP contribution is 2.33. The average molecular weight is 280 g/mol. The minimum atomic E-state index is 0.446. The van der Waals surface area contributed by atoms with Crippen molar-refractivity contribution in [3.8, 4) is 0 Å². The van der Waals surface area contributed by atoms with E-state index in [-0.39, 0.29) is 0 Å². The van der Waals surface area contributed by atoms with E-state index in [9.17, 15) is 0 Å². The van der Waals surface area contributed by atoms with Gasteiger partial charge in [-0.1, -0.05) is 36.2 Å². The van der Waals surface area contributed by atoms with Crippen LogP contribution < -0.4 is 0 Å². The molecule has 0 aliphatic heterocycles. The van der Waals surface area contributed by atoms with Crippen molar-refractivity contribution in [1.29, 1.82) is 0 Å². The number of rotatable bonds is 4. The molecule has 0 unspecified atom stereocenters. The first-order valence-electron chi connectivity index (χ1n) is 6.56. The van der Waals surface area contributed by atoms with Crippen molar-refractivity contribution >= 4 is 11.8 Å². The molecule has 0 radical (unpaired) electrons. The normalized spacial score (nSPS) is 16.9. The average Bonchev–Trinajstić information content (AvgIpc) is 3.06. The molecule has 1 aliphatic carbocycles. The Kier molecular flexibility index (Phi) is 3.82. The maximum atomic E-state index is 5.70. The summed E-state index contributed by atoms with van der Waals surface area (Å²) in [5.74, 6) is 3.02. The van der Waals surface area contributed by atoms with E-state index in [1.807, 2.05) is 0 Å². The van der Waals surface area contributed by atoms with Crippen molar-refractivity contribution < 1.29 is 8.94 Å². The van der Waals surface area contributed by atoms with Gasteiger partial charge in [-0.2, -0.15) is 4.98 Å². The van der Waals surface area contributed by atoms with Gasteiger partial charge in [-0.05, 0) is 19.8 Å². The fourth-order valence-corrected chi connectivity index (χ4v) is 2.92. The molecule has 0 atom stereocenters. The highest BCUT2D eigenvalue weighted by molar-refractivity contribution is 7.98. The van der Waals surface area contributed by atoms with Gasteiger partial charge in [-0.25, -0.2) is 0 Å². The van der Waals surface area contributed by atoms with Crippen molar-refractivity contribution in [2.24, 2.45) is 0 Å². The lowest BCUT2D eigenvalue weighted by Crippen LogP contribution is -2.04. The summed E-state index contributed by atoms with van der Waals surface area (Å²) in [6.07, 6.45) is 6.17. The fourth-order valence-electron chi connectivity index (χ4n) is 2.32. The van der Waals surface area contributed by atoms with Crippen molar-refractivity contribution in [3.63, 3.8) is 0 Å². The summed E-state index contributed by atoms with van der Waals surface area (Å²) in [4.78, 5) is 4.13. The molecule has 7 heteroatoms. The molecule has 0 amide bonds. The van der Waals surface area contributed by atoms with E-state index < -0.39 is 0 Å². The standard InChI is InChI=1S/C12H16N4O2S/c1-8-13-10(18-16-8)7-19-12-15-14-11(17-12)9-5-3-2-4-6-9/h9H,2-7H2,1H3. The van der Waals surface area contributed by atoms with E-state index >= 15 is 0 Å². The summed E-state index contributed by atoms with van der Waals surface area (Å²) < 4.78 is 10.7. The highest BCUT2D eigenvalue weighted by Gasteiger charge is 2.21. The van der Waals surface area contributed by atoms with Gasteiger partial charge in [0.05, 0.1) is 5.75 Å². The van der Waals surface area contributed by atoms with Gasteiger partial charge in [0.25, 0.3) is 5.22 Å². The Balaban J connectivity index is 1.58. The molecule has 19 heavy (non-hydrogen) atoms. The molecular weight excluding hydrogens is 264 g/mol. The Bertz CT molecular complexity index is 533. The number of aryl methyl sites for hydroxylation is 1. The largest absolute Gasteiger partial charge is 0.416 e. The maximum absolute atomic E-state index is 5.70. The maximum Gasteiger partial charge on any atom is 0.277 e. The molecule has 1 saturated carbocycles. The van der Waals surface area contributed by atoms with Crippen LogP contribution in [0.15, 0.2) is 14.2 Å². The van der Waals surface area contributed by atoms with Gasteiger partial charge >= 0.3 is 0 Å². The molecule has 2 aromatic heterocycles. The molecule has 0 bridgehead atoms. The Morgan fingerprint density at radius 1 is 1.21 bits per heavy atom. The molecule has 102 valence electrons. The minimum Gasteiger partial charge on any atom is -0.416 e. The lowest BCUT2D eigenvalue weighted by atomic mass is 9.89. The van der Waals surface area contributed by atoms with Gasteiger partial charge in [-0.15, -0.1) is 10.2 Å². The van der Waals surface area contributed by atoms with E-state index in [0.717, 1.165) is 18.7 Å². The summed E-state index contributed by atoms with van der Waals surface area (Å²) in [6.45, 7) is 1.80. The third-order valence-electron chi connectivity index (χ3n) is 3.27. The first-order valence-corrected chi connectivity index (χ1v) is 7.55. The molecule has 2 aromatic rings. The van der Waals surface area contributed by atoms with E-state index in [0.29, 0.717) is 28.6 Å². The molecule has 1 fully saturated rings. The van der Waals surface area contributed by atoms with Crippen LogP contribution in [0, 0.1) is 6.92 Å². The number of hydrogen-bond donors (Lipinski definition) is 0. The molecule has 6 nitrogen and oxygen atoms in total. The van der Waals surface area contributed by atoms with Crippen LogP contribution >= 0.6 is 11.8 Å². The summed E-state index contributed by atoms with van der Waals surface area (Å²) in [6, 6.07) is 0. The van der Waals surface area contributed by atoms with E-state index in [1.54, 1.807) is 6.92 Å². The van der Waals surface area contributed by atoms with Crippen LogP contribution in [0.1, 0.15) is 55.6 Å². The molecule has 0 saturated heterocycles. The number of hydrogen-bond acceptors (Lipinski definition) is 7. The summed E-state index contributed by atoms with van der Waals surface area (Å²) >= 11 is 1.44. The summed E-state index contributed by atoms with van der Waals surface area (Å²) in [7, 11) is 0. The SMILES string of the molecule is Cc1noc(CSc2nnc(C3CCCCC3)o2)n1. The van der Waals surface area contributed by atoms with Crippen LogP contribution in [0.2, 0.25) is 0 Å². The second-order valence-corrected chi connectivity index (χ2v) is 5.69. The zero-order chi connectivity index (χ0) is 13.1. The number of nitrogens with zero attached hydrogens (tertiary/aromatic N) is 4. The molecule has 0 aromatic carbocycles. The van der Waals surface area contributed by atoms with E-state index in [4.69, 9.17) is 8.94 Å². The Morgan fingerprint density at radius 3 is 2.79 bits per heavy atom. The third kappa shape index (κ3) is 3.15. The smallest absolute Gasteiger partial charge is 0.277 e. The Morgan fingerprint density at radius 2 is 2.05 bits per heavy atom. The molecule has 1 aliphatic rings. The van der Waals surface area contributed by atoms with Gasteiger partial charge in [-0.3, -0.25) is 0 Å². The highest BCUT2D eigenvalue weighted by atomic mass is 32.2. The van der Waals surface area contributed by atoms with Crippen LogP contribution in [-0.4, -0.2) is 20.3 Å². The summed E-state index contributed by atoms with van der Waals surface area (Å²) in [5.41, 5.74) is 0. The molecule has 0 spiro atoms. The van der Waals surface area contributed by atoms with Crippen LogP contribution in [0.25, 0.3) is 0 Å². The van der Waals surface area contributed by atoms with Gasteiger partial charge in [0.2, 0.25) is 11.8 Å². The second kappa shape index (κ2) is 5.73. The molecular formula is C12H16N4O2S. The van der Waals surface area contributed by atoms with Crippen molar-refractivity contribution in [2.45, 2.75) is 55.9 Å². The van der Waals surface area contributed by atoms with Crippen LogP contribution in [-0.2, 0) is 5.75 Å². The van der Waals surface area contributed by atoms with Crippen LogP contribution in [0.4, 0.5) is 0 Å². The van der Waals surface area contributed by atoms with Crippen LogP contribution in [0.3, 0.4) is 0 Å². The Labute approximate surface area is 115 Å². The van der Waals surface area contributed by atoms with E-state index in [1.165, 1.54) is 31.0 Å². The quantitative estimate of drug-likeness (QED) is 0.796. The summed E-state index contributed by atoms with van der Waals surface area (Å²) in [5, 5.41) is 12.5. The third-order valence-corrected chi connectivity index (χ3v) is 4.07. The van der Waals surface area contributed by atoms with Crippen LogP contribution in [0.5, 0.6) is 0 Å². The first-order chi connectivity index (χ1) is 9.31. The van der Waals surface area contributed by atoms with Crippen molar-refractivity contribution in [2.75, 3.05) is 0 Å². The first kappa shape index (κ1) is 12.7. The second-order valence-electron chi connectivity index (χ2n) is 4.77. The van der Waals surface area contributed by atoms with Crippen molar-refractivity contribution in [3.05, 3.63) is 17.6 Å². The predicted molar refractivity (Wildman–Crippen MR) is 68.7 cm³/mol. The molecule has 0 N–H and O–H groups in total. The monoisotopic (exact) mass is 280 g/mol. The molecule has 3 rings (SSSR count). The zero-order valence-electron chi connectivity index (χ0n) is 10.8. The van der Waals surface area contributed by atoms with Gasteiger partial charge in [0, 0.05) is 5.92 Å². The topological polar surface area (TPSA) is 77.8 Å². The van der Waals surface area contributed by atoms with E-state index in [2.05, 4.69) is 20.3 Å². The van der Waals surface area contributed by atoms with Gasteiger partial charge < -0.3 is 8.94 Å². The Hall–Kier alpha value is -1.37. The van der Waals surface area contributed by atoms with Gasteiger partial charge in [0.1, 0.15) is 0 Å². The number of thioether (sulfide) groups is 1. The lowest BCUT2D eigenvalue weighted by Gasteiger charge is -2.17. The fraction of sp³-hybridized carbons (Fsp3) is 0.667. The molecule has 2 heterocycles. The minimum absolute atomic E-state index is 0.446. The number of aromatic nitrogens is 4. The van der Waals surface area contributed by atoms with Crippen molar-refractivity contribution in [1.82, 2.24) is 20.3 Å². The zero-order valence-corrected chi connectivity index (χ0v) is 11.7.